The van der Waals surface area contributed by atoms with Gasteiger partial charge in [0.1, 0.15) is 11.8 Å². The maximum atomic E-state index is 11.6. The quantitative estimate of drug-likeness (QED) is 0.562. The predicted molar refractivity (Wildman–Crippen MR) is 77.8 cm³/mol. The second-order valence-electron chi connectivity index (χ2n) is 4.26. The molecule has 114 valence electrons. The van der Waals surface area contributed by atoms with Crippen LogP contribution in [0.5, 0.6) is 5.75 Å². The topological polar surface area (TPSA) is 84.9 Å². The third kappa shape index (κ3) is 6.09. The molecule has 2 N–H and O–H groups in total. The molecule has 0 aliphatic rings. The number of rotatable bonds is 8. The first-order valence-electron chi connectivity index (χ1n) is 6.50. The van der Waals surface area contributed by atoms with Crippen molar-refractivity contribution >= 4 is 18.0 Å². The minimum absolute atomic E-state index is 0.172. The zero-order valence-corrected chi connectivity index (χ0v) is 12.0. The summed E-state index contributed by atoms with van der Waals surface area (Å²) in [5.41, 5.74) is 0.804. The zero-order chi connectivity index (χ0) is 15.7. The summed E-state index contributed by atoms with van der Waals surface area (Å²) in [6.07, 6.45) is 3.24. The van der Waals surface area contributed by atoms with Crippen molar-refractivity contribution in [2.75, 3.05) is 13.9 Å². The molecule has 0 radical (unpaired) electrons. The fraction of sp³-hybridized carbons (Fsp3) is 0.333. The van der Waals surface area contributed by atoms with Crippen LogP contribution in [0, 0.1) is 0 Å². The van der Waals surface area contributed by atoms with Crippen LogP contribution in [0.3, 0.4) is 0 Å². The van der Waals surface area contributed by atoms with Gasteiger partial charge in [-0.25, -0.2) is 4.79 Å². The molecule has 1 aromatic carbocycles. The second kappa shape index (κ2) is 8.76. The number of carbonyl (C=O) groups is 2. The van der Waals surface area contributed by atoms with Crippen molar-refractivity contribution in [3.05, 3.63) is 35.9 Å². The van der Waals surface area contributed by atoms with Crippen LogP contribution in [0.15, 0.2) is 30.3 Å². The number of ether oxygens (including phenoxy) is 2. The van der Waals surface area contributed by atoms with Crippen molar-refractivity contribution < 1.29 is 24.2 Å². The van der Waals surface area contributed by atoms with Crippen LogP contribution in [0.1, 0.15) is 18.9 Å². The van der Waals surface area contributed by atoms with Gasteiger partial charge in [-0.3, -0.25) is 4.79 Å². The molecule has 0 aliphatic heterocycles. The van der Waals surface area contributed by atoms with E-state index in [9.17, 15) is 9.59 Å². The SMILES string of the molecule is CCC(NC(=O)/C=C/c1ccc(OCOC)cc1)C(=O)O. The lowest BCUT2D eigenvalue weighted by Gasteiger charge is -2.09. The fourth-order valence-corrected chi connectivity index (χ4v) is 1.53. The fourth-order valence-electron chi connectivity index (χ4n) is 1.53. The standard InChI is InChI=1S/C15H19NO5/c1-3-13(15(18)19)16-14(17)9-6-11-4-7-12(8-5-11)21-10-20-2/h4-9,13H,3,10H2,1-2H3,(H,16,17)(H,18,19)/b9-6+. The Hall–Kier alpha value is -2.34. The summed E-state index contributed by atoms with van der Waals surface area (Å²) in [5, 5.41) is 11.3. The molecular formula is C15H19NO5. The highest BCUT2D eigenvalue weighted by molar-refractivity contribution is 5.94. The Morgan fingerprint density at radius 1 is 1.33 bits per heavy atom. The molecule has 6 nitrogen and oxygen atoms in total. The third-order valence-corrected chi connectivity index (χ3v) is 2.67. The molecule has 6 heteroatoms. The molecule has 0 bridgehead atoms. The molecule has 1 rings (SSSR count). The van der Waals surface area contributed by atoms with Gasteiger partial charge >= 0.3 is 5.97 Å². The van der Waals surface area contributed by atoms with Crippen LogP contribution in [0.2, 0.25) is 0 Å². The largest absolute Gasteiger partial charge is 0.480 e. The number of aliphatic carboxylic acids is 1. The Labute approximate surface area is 123 Å². The van der Waals surface area contributed by atoms with E-state index in [-0.39, 0.29) is 6.79 Å². The highest BCUT2D eigenvalue weighted by Crippen LogP contribution is 2.13. The lowest BCUT2D eigenvalue weighted by Crippen LogP contribution is -2.39. The second-order valence-corrected chi connectivity index (χ2v) is 4.26. The molecule has 0 heterocycles. The number of carbonyl (C=O) groups excluding carboxylic acids is 1. The van der Waals surface area contributed by atoms with E-state index in [1.54, 1.807) is 37.3 Å². The number of methoxy groups -OCH3 is 1. The lowest BCUT2D eigenvalue weighted by atomic mass is 10.2. The molecule has 1 atom stereocenters. The molecule has 1 aromatic rings. The van der Waals surface area contributed by atoms with E-state index in [4.69, 9.17) is 14.6 Å². The van der Waals surface area contributed by atoms with E-state index in [2.05, 4.69) is 5.32 Å². The number of hydrogen-bond donors (Lipinski definition) is 2. The van der Waals surface area contributed by atoms with Crippen molar-refractivity contribution in [3.8, 4) is 5.75 Å². The lowest BCUT2D eigenvalue weighted by molar-refractivity contribution is -0.141. The number of carboxylic acid groups (broad SMARTS) is 1. The summed E-state index contributed by atoms with van der Waals surface area (Å²) in [6, 6.07) is 6.20. The molecule has 0 saturated heterocycles. The Morgan fingerprint density at radius 3 is 2.52 bits per heavy atom. The predicted octanol–water partition coefficient (Wildman–Crippen LogP) is 1.66. The average Bonchev–Trinajstić information content (AvgIpc) is 2.49. The number of benzene rings is 1. The number of carboxylic acids is 1. The first-order chi connectivity index (χ1) is 10.1. The molecule has 1 unspecified atom stereocenters. The molecule has 1 amide bonds. The Balaban J connectivity index is 2.55. The van der Waals surface area contributed by atoms with E-state index in [0.717, 1.165) is 5.56 Å². The van der Waals surface area contributed by atoms with Crippen molar-refractivity contribution in [2.24, 2.45) is 0 Å². The maximum absolute atomic E-state index is 11.6. The smallest absolute Gasteiger partial charge is 0.326 e. The van der Waals surface area contributed by atoms with Gasteiger partial charge in [0, 0.05) is 13.2 Å². The number of hydrogen-bond acceptors (Lipinski definition) is 4. The van der Waals surface area contributed by atoms with E-state index in [1.807, 2.05) is 0 Å². The zero-order valence-electron chi connectivity index (χ0n) is 12.0. The van der Waals surface area contributed by atoms with Crippen molar-refractivity contribution in [3.63, 3.8) is 0 Å². The van der Waals surface area contributed by atoms with Crippen LogP contribution < -0.4 is 10.1 Å². The normalized spacial score (nSPS) is 12.1. The highest BCUT2D eigenvalue weighted by atomic mass is 16.7. The average molecular weight is 293 g/mol. The van der Waals surface area contributed by atoms with Crippen LogP contribution in [-0.2, 0) is 14.3 Å². The molecule has 21 heavy (non-hydrogen) atoms. The summed E-state index contributed by atoms with van der Waals surface area (Å²) < 4.78 is 10.0. The Kier molecular flexibility index (Phi) is 6.97. The van der Waals surface area contributed by atoms with Gasteiger partial charge < -0.3 is 19.9 Å². The van der Waals surface area contributed by atoms with Gasteiger partial charge in [0.25, 0.3) is 0 Å². The van der Waals surface area contributed by atoms with E-state index < -0.39 is 17.9 Å². The number of amides is 1. The first-order valence-corrected chi connectivity index (χ1v) is 6.50. The third-order valence-electron chi connectivity index (χ3n) is 2.67. The summed E-state index contributed by atoms with van der Waals surface area (Å²) in [4.78, 5) is 22.4. The van der Waals surface area contributed by atoms with Crippen molar-refractivity contribution in [1.29, 1.82) is 0 Å². The van der Waals surface area contributed by atoms with Gasteiger partial charge in [0.15, 0.2) is 6.79 Å². The van der Waals surface area contributed by atoms with Gasteiger partial charge in [0.2, 0.25) is 5.91 Å². The summed E-state index contributed by atoms with van der Waals surface area (Å²) in [6.45, 7) is 1.87. The van der Waals surface area contributed by atoms with E-state index >= 15 is 0 Å². The van der Waals surface area contributed by atoms with Crippen LogP contribution in [-0.4, -0.2) is 36.9 Å². The van der Waals surface area contributed by atoms with Crippen LogP contribution in [0.25, 0.3) is 6.08 Å². The maximum Gasteiger partial charge on any atom is 0.326 e. The van der Waals surface area contributed by atoms with Gasteiger partial charge in [-0.1, -0.05) is 19.1 Å². The van der Waals surface area contributed by atoms with Gasteiger partial charge in [-0.15, -0.1) is 0 Å². The molecule has 0 aromatic heterocycles. The minimum Gasteiger partial charge on any atom is -0.480 e. The van der Waals surface area contributed by atoms with Crippen LogP contribution in [0.4, 0.5) is 0 Å². The summed E-state index contributed by atoms with van der Waals surface area (Å²) in [5.74, 6) is -0.821. The molecule has 0 saturated carbocycles. The van der Waals surface area contributed by atoms with Crippen molar-refractivity contribution in [2.45, 2.75) is 19.4 Å². The Morgan fingerprint density at radius 2 is 2.00 bits per heavy atom. The van der Waals surface area contributed by atoms with E-state index in [1.165, 1.54) is 13.2 Å². The van der Waals surface area contributed by atoms with Crippen LogP contribution >= 0.6 is 0 Å². The highest BCUT2D eigenvalue weighted by Gasteiger charge is 2.15. The minimum atomic E-state index is -1.04. The molecule has 0 aliphatic carbocycles. The molecule has 0 fully saturated rings. The van der Waals surface area contributed by atoms with Gasteiger partial charge in [-0.05, 0) is 30.2 Å². The van der Waals surface area contributed by atoms with Gasteiger partial charge in [0.05, 0.1) is 0 Å². The monoisotopic (exact) mass is 293 g/mol. The van der Waals surface area contributed by atoms with Gasteiger partial charge in [-0.2, -0.15) is 0 Å². The first kappa shape index (κ1) is 16.7. The molecule has 0 spiro atoms. The summed E-state index contributed by atoms with van der Waals surface area (Å²) in [7, 11) is 1.54. The van der Waals surface area contributed by atoms with E-state index in [0.29, 0.717) is 12.2 Å². The summed E-state index contributed by atoms with van der Waals surface area (Å²) >= 11 is 0. The number of nitrogens with one attached hydrogen (secondary N) is 1. The van der Waals surface area contributed by atoms with Crippen molar-refractivity contribution in [1.82, 2.24) is 5.32 Å². The Bertz CT molecular complexity index is 495. The molecular weight excluding hydrogens is 274 g/mol.